The van der Waals surface area contributed by atoms with E-state index in [-0.39, 0.29) is 32.3 Å². The van der Waals surface area contributed by atoms with Crippen LogP contribution in [0, 0.1) is 5.41 Å². The van der Waals surface area contributed by atoms with E-state index in [1.165, 1.54) is 0 Å². The van der Waals surface area contributed by atoms with Gasteiger partial charge in [0, 0.05) is 0 Å². The van der Waals surface area contributed by atoms with Crippen LogP contribution >= 0.6 is 15.9 Å². The Bertz CT molecular complexity index is 1100. The smallest absolute Gasteiger partial charge is 0.0627 e. The zero-order valence-electron chi connectivity index (χ0n) is 29.3. The van der Waals surface area contributed by atoms with Gasteiger partial charge in [0.05, 0.1) is 31.8 Å². The summed E-state index contributed by atoms with van der Waals surface area (Å²) in [4.78, 5) is 57.5. The van der Waals surface area contributed by atoms with E-state index in [1.807, 2.05) is 65.8 Å². The molecule has 0 radical (unpaired) electrons. The second kappa shape index (κ2) is 15.9. The molecule has 10 N–H and O–H groups in total. The molecule has 10 nitrogen and oxygen atoms in total. The maximum atomic E-state index is 9.58. The van der Waals surface area contributed by atoms with Gasteiger partial charge < -0.3 is 20.4 Å². The van der Waals surface area contributed by atoms with Gasteiger partial charge in [0.2, 0.25) is 0 Å². The van der Waals surface area contributed by atoms with E-state index >= 15 is 0 Å². The normalized spacial score (nSPS) is 14.2. The molecule has 2 aromatic carbocycles. The van der Waals surface area contributed by atoms with Crippen LogP contribution in [0.15, 0.2) is 36.4 Å². The molecule has 0 unspecified atom stereocenters. The number of aliphatic hydroxyl groups is 4. The summed E-state index contributed by atoms with van der Waals surface area (Å²) in [6.07, 6.45) is 0. The van der Waals surface area contributed by atoms with Crippen LogP contribution in [0.5, 0.6) is 0 Å². The second-order valence-corrected chi connectivity index (χ2v) is 19.5. The Balaban J connectivity index is 0.000000684. The van der Waals surface area contributed by atoms with E-state index in [9.17, 15) is 29.4 Å². The molecule has 45 heavy (non-hydrogen) atoms. The maximum Gasteiger partial charge on any atom is 0.0627 e. The van der Waals surface area contributed by atoms with Gasteiger partial charge >= 0.3 is 219 Å². The number of rotatable bonds is 6. The third kappa shape index (κ3) is 13.5. The fourth-order valence-corrected chi connectivity index (χ4v) is 6.38. The summed E-state index contributed by atoms with van der Waals surface area (Å²) in [5, 5.41) is 34.5. The molecule has 0 aliphatic heterocycles. The van der Waals surface area contributed by atoms with Crippen LogP contribution in [0.3, 0.4) is 0 Å². The van der Waals surface area contributed by atoms with Crippen molar-refractivity contribution in [2.75, 3.05) is 26.4 Å². The van der Waals surface area contributed by atoms with Gasteiger partial charge in [-0.15, -0.1) is 0 Å². The predicted octanol–water partition coefficient (Wildman–Crippen LogP) is 2.70. The van der Waals surface area contributed by atoms with Gasteiger partial charge in [-0.25, -0.2) is 0 Å². The van der Waals surface area contributed by atoms with Gasteiger partial charge in [-0.1, -0.05) is 0 Å². The van der Waals surface area contributed by atoms with Crippen molar-refractivity contribution in [3.63, 3.8) is 0 Å². The predicted molar refractivity (Wildman–Crippen MR) is 188 cm³/mol. The zero-order valence-corrected chi connectivity index (χ0v) is 31.3. The Labute approximate surface area is 271 Å². The van der Waals surface area contributed by atoms with Crippen molar-refractivity contribution in [2.24, 2.45) is 5.41 Å². The van der Waals surface area contributed by atoms with Crippen molar-refractivity contribution in [1.82, 2.24) is 0 Å². The summed E-state index contributed by atoms with van der Waals surface area (Å²) in [5.74, 6) is 0. The summed E-state index contributed by atoms with van der Waals surface area (Å²) >= 11 is 0. The molecule has 0 fully saturated rings. The third-order valence-corrected chi connectivity index (χ3v) is 9.77. The van der Waals surface area contributed by atoms with Crippen LogP contribution in [0.2, 0.25) is 0 Å². The Kier molecular flexibility index (Phi) is 15.5. The van der Waals surface area contributed by atoms with Gasteiger partial charge in [-0.3, -0.25) is 0 Å². The summed E-state index contributed by atoms with van der Waals surface area (Å²) in [5.41, 5.74) is 2.21. The van der Waals surface area contributed by atoms with Crippen LogP contribution in [-0.2, 0) is 21.7 Å². The van der Waals surface area contributed by atoms with Gasteiger partial charge in [-0.2, -0.15) is 0 Å². The Morgan fingerprint density at radius 3 is 0.800 bits per heavy atom. The minimum Gasteiger partial charge on any atom is -0.396 e. The molecule has 0 aliphatic carbocycles. The minimum atomic E-state index is -4.27. The first kappa shape index (κ1) is 43.9. The molecular weight excluding hydrogens is 618 g/mol. The maximum absolute atomic E-state index is 9.58. The largest absolute Gasteiger partial charge is 0.396 e. The molecule has 0 amide bonds. The first-order valence-electron chi connectivity index (χ1n) is 15.0. The van der Waals surface area contributed by atoms with Crippen molar-refractivity contribution >= 4 is 26.5 Å². The molecule has 2 aromatic rings. The molecule has 0 bridgehead atoms. The van der Waals surface area contributed by atoms with E-state index in [1.54, 1.807) is 12.1 Å². The van der Waals surface area contributed by atoms with Crippen LogP contribution < -0.4 is 10.6 Å². The van der Waals surface area contributed by atoms with Crippen molar-refractivity contribution in [3.8, 4) is 0 Å². The van der Waals surface area contributed by atoms with Crippen molar-refractivity contribution in [2.45, 2.75) is 105 Å². The number of hydrogen-bond acceptors (Lipinski definition) is 10. The van der Waals surface area contributed by atoms with Crippen molar-refractivity contribution in [3.05, 3.63) is 58.7 Å². The fraction of sp³-hybridized carbons (Fsp3) is 0.636. The minimum absolute atomic E-state index is 0.0108. The van der Waals surface area contributed by atoms with E-state index in [0.29, 0.717) is 0 Å². The molecule has 0 heterocycles. The summed E-state index contributed by atoms with van der Waals surface area (Å²) in [6.45, 7) is 23.0. The number of hydrogen-bond donors (Lipinski definition) is 10. The van der Waals surface area contributed by atoms with Crippen LogP contribution in [0.4, 0.5) is 0 Å². The SMILES string of the molecule is CC(C)(C)c1ccc([PH](O)(O)O)c(C(C)(C)C)c1.CC(C)(C)c1ccc([PH](O)(O)O)c(C(C)(C)C)c1.OCC(CO)(CO)CO. The van der Waals surface area contributed by atoms with Gasteiger partial charge in [-0.05, 0) is 0 Å². The average Bonchev–Trinajstić information content (AvgIpc) is 2.87. The molecule has 2 rings (SSSR count). The van der Waals surface area contributed by atoms with Gasteiger partial charge in [0.15, 0.2) is 0 Å². The molecule has 264 valence electrons. The molecule has 0 saturated heterocycles. The Morgan fingerprint density at radius 1 is 0.422 bits per heavy atom. The van der Waals surface area contributed by atoms with Crippen LogP contribution in [0.1, 0.15) is 105 Å². The number of benzene rings is 2. The fourth-order valence-electron chi connectivity index (χ4n) is 4.15. The van der Waals surface area contributed by atoms with E-state index in [2.05, 4.69) is 41.5 Å². The molecule has 0 atom stereocenters. The van der Waals surface area contributed by atoms with Gasteiger partial charge in [0.25, 0.3) is 0 Å². The molecule has 0 aliphatic rings. The molecular formula is C33H62O10P2. The summed E-state index contributed by atoms with van der Waals surface area (Å²) < 4.78 is 0. The van der Waals surface area contributed by atoms with Crippen LogP contribution in [0.25, 0.3) is 0 Å². The average molecular weight is 681 g/mol. The molecule has 0 saturated carbocycles. The van der Waals surface area contributed by atoms with E-state index in [0.717, 1.165) is 22.3 Å². The van der Waals surface area contributed by atoms with E-state index in [4.69, 9.17) is 20.4 Å². The molecule has 0 spiro atoms. The number of aliphatic hydroxyl groups excluding tert-OH is 4. The molecule has 0 aromatic heterocycles. The first-order valence-corrected chi connectivity index (χ1v) is 18.7. The quantitative estimate of drug-likeness (QED) is 0.202. The van der Waals surface area contributed by atoms with Gasteiger partial charge in [0.1, 0.15) is 0 Å². The summed E-state index contributed by atoms with van der Waals surface area (Å²) in [7, 11) is -8.54. The van der Waals surface area contributed by atoms with Crippen molar-refractivity contribution < 1.29 is 49.8 Å². The topological polar surface area (TPSA) is 202 Å². The standard InChI is InChI=1S/2C14H25O3P.C5H12O4/c2*1-13(2,3)10-7-8-12(18(15,16)17)11(9-10)14(4,5)6;6-1-5(2-7,3-8)4-9/h2*7-9,15-18H,1-6H3;6-9H,1-4H2. The first-order chi connectivity index (χ1) is 19.9. The molecule has 12 heteroatoms. The van der Waals surface area contributed by atoms with Crippen LogP contribution in [-0.4, -0.2) is 76.2 Å². The third-order valence-electron chi connectivity index (χ3n) is 7.45. The Hall–Kier alpha value is -1.10. The van der Waals surface area contributed by atoms with Crippen molar-refractivity contribution in [1.29, 1.82) is 0 Å². The second-order valence-electron chi connectivity index (χ2n) is 15.9. The Morgan fingerprint density at radius 2 is 0.667 bits per heavy atom. The summed E-state index contributed by atoms with van der Waals surface area (Å²) in [6, 6.07) is 10.9. The monoisotopic (exact) mass is 680 g/mol. The van der Waals surface area contributed by atoms with E-state index < -0.39 is 47.7 Å². The zero-order chi connectivity index (χ0) is 36.0.